The Bertz CT molecular complexity index is 481. The third-order valence-electron chi connectivity index (χ3n) is 3.39. The number of ether oxygens (including phenoxy) is 1. The smallest absolute Gasteiger partial charge is 0.245 e. The molecule has 1 aromatic rings. The van der Waals surface area contributed by atoms with Crippen molar-refractivity contribution in [1.29, 1.82) is 0 Å². The first kappa shape index (κ1) is 15.3. The predicted molar refractivity (Wildman–Crippen MR) is 82.7 cm³/mol. The van der Waals surface area contributed by atoms with Crippen LogP contribution in [-0.4, -0.2) is 38.3 Å². The van der Waals surface area contributed by atoms with Crippen LogP contribution in [0.5, 0.6) is 0 Å². The molecule has 1 heterocycles. The molecule has 1 atom stereocenters. The van der Waals surface area contributed by atoms with Gasteiger partial charge in [-0.05, 0) is 19.1 Å². The summed E-state index contributed by atoms with van der Waals surface area (Å²) in [5.74, 6) is -0.00449. The van der Waals surface area contributed by atoms with Crippen molar-refractivity contribution in [1.82, 2.24) is 5.32 Å². The summed E-state index contributed by atoms with van der Waals surface area (Å²) in [5.41, 5.74) is 7.87. The van der Waals surface area contributed by atoms with Gasteiger partial charge in [0.25, 0.3) is 0 Å². The summed E-state index contributed by atoms with van der Waals surface area (Å²) in [4.78, 5) is 14.3. The van der Waals surface area contributed by atoms with E-state index in [1.54, 1.807) is 0 Å². The number of anilines is 1. The zero-order valence-corrected chi connectivity index (χ0v) is 13.1. The maximum absolute atomic E-state index is 12.2. The van der Waals surface area contributed by atoms with Gasteiger partial charge in [-0.3, -0.25) is 4.79 Å². The van der Waals surface area contributed by atoms with Gasteiger partial charge in [0, 0.05) is 35.4 Å². The number of benzene rings is 1. The third kappa shape index (κ3) is 3.13. The number of morpholine rings is 1. The van der Waals surface area contributed by atoms with Crippen molar-refractivity contribution in [2.75, 3.05) is 31.2 Å². The maximum Gasteiger partial charge on any atom is 0.245 e. The molecule has 0 aliphatic carbocycles. The number of nitrogens with two attached hydrogens (primary N) is 1. The fourth-order valence-corrected chi connectivity index (χ4v) is 2.94. The highest BCUT2D eigenvalue weighted by Gasteiger charge is 2.30. The monoisotopic (exact) mass is 341 g/mol. The van der Waals surface area contributed by atoms with Crippen LogP contribution in [0.2, 0.25) is 0 Å². The zero-order chi connectivity index (χ0) is 14.5. The van der Waals surface area contributed by atoms with E-state index < -0.39 is 0 Å². The molecule has 1 amide bonds. The second kappa shape index (κ2) is 7.06. The van der Waals surface area contributed by atoms with E-state index in [-0.39, 0.29) is 11.9 Å². The lowest BCUT2D eigenvalue weighted by molar-refractivity contribution is -0.124. The standard InChI is InChI=1S/C14H20BrN3O2/c1-2-17-14(19)13-9-20-7-6-18(13)12-5-3-4-11(15)10(12)8-16/h3-5,13H,2,6-9,16H2,1H3,(H,17,19). The molecule has 0 radical (unpaired) electrons. The van der Waals surface area contributed by atoms with E-state index in [9.17, 15) is 4.79 Å². The van der Waals surface area contributed by atoms with Gasteiger partial charge in [-0.2, -0.15) is 0 Å². The number of hydrogen-bond acceptors (Lipinski definition) is 4. The van der Waals surface area contributed by atoms with Gasteiger partial charge in [-0.15, -0.1) is 0 Å². The molecule has 1 fully saturated rings. The second-order valence-electron chi connectivity index (χ2n) is 4.62. The van der Waals surface area contributed by atoms with Crippen LogP contribution in [0.25, 0.3) is 0 Å². The summed E-state index contributed by atoms with van der Waals surface area (Å²) in [6.07, 6.45) is 0. The first-order chi connectivity index (χ1) is 9.69. The zero-order valence-electron chi connectivity index (χ0n) is 11.6. The first-order valence-corrected chi connectivity index (χ1v) is 7.57. The van der Waals surface area contributed by atoms with Crippen LogP contribution in [0.3, 0.4) is 0 Å². The number of hydrogen-bond donors (Lipinski definition) is 2. The molecule has 1 unspecified atom stereocenters. The SMILES string of the molecule is CCNC(=O)C1COCCN1c1cccc(Br)c1CN. The van der Waals surface area contributed by atoms with E-state index in [4.69, 9.17) is 10.5 Å². The number of carbonyl (C=O) groups is 1. The van der Waals surface area contributed by atoms with Crippen LogP contribution in [0.4, 0.5) is 5.69 Å². The highest BCUT2D eigenvalue weighted by molar-refractivity contribution is 9.10. The number of amides is 1. The molecule has 1 aliphatic rings. The number of likely N-dealkylation sites (N-methyl/N-ethyl adjacent to an activating group) is 1. The van der Waals surface area contributed by atoms with E-state index in [0.29, 0.717) is 32.8 Å². The Morgan fingerprint density at radius 3 is 3.10 bits per heavy atom. The lowest BCUT2D eigenvalue weighted by Crippen LogP contribution is -2.54. The second-order valence-corrected chi connectivity index (χ2v) is 5.47. The topological polar surface area (TPSA) is 67.6 Å². The minimum absolute atomic E-state index is 0.00449. The summed E-state index contributed by atoms with van der Waals surface area (Å²) < 4.78 is 6.43. The van der Waals surface area contributed by atoms with Crippen LogP contribution < -0.4 is 16.0 Å². The molecular formula is C14H20BrN3O2. The van der Waals surface area contributed by atoms with E-state index in [2.05, 4.69) is 26.1 Å². The number of rotatable bonds is 4. The number of nitrogens with one attached hydrogen (secondary N) is 1. The molecule has 0 aromatic heterocycles. The summed E-state index contributed by atoms with van der Waals surface area (Å²) in [5, 5.41) is 2.86. The molecule has 3 N–H and O–H groups in total. The van der Waals surface area contributed by atoms with Gasteiger partial charge in [0.05, 0.1) is 13.2 Å². The van der Waals surface area contributed by atoms with Gasteiger partial charge in [-0.1, -0.05) is 22.0 Å². The Labute approximate surface area is 127 Å². The first-order valence-electron chi connectivity index (χ1n) is 6.78. The number of nitrogens with zero attached hydrogens (tertiary/aromatic N) is 1. The van der Waals surface area contributed by atoms with Crippen molar-refractivity contribution in [3.63, 3.8) is 0 Å². The Balaban J connectivity index is 2.32. The highest BCUT2D eigenvalue weighted by Crippen LogP contribution is 2.29. The summed E-state index contributed by atoms with van der Waals surface area (Å²) in [6, 6.07) is 5.63. The van der Waals surface area contributed by atoms with Crippen molar-refractivity contribution in [3.8, 4) is 0 Å². The molecular weight excluding hydrogens is 322 g/mol. The molecule has 20 heavy (non-hydrogen) atoms. The molecule has 110 valence electrons. The van der Waals surface area contributed by atoms with Gasteiger partial charge in [0.15, 0.2) is 0 Å². The van der Waals surface area contributed by atoms with E-state index in [1.807, 2.05) is 25.1 Å². The van der Waals surface area contributed by atoms with E-state index in [0.717, 1.165) is 15.7 Å². The van der Waals surface area contributed by atoms with E-state index in [1.165, 1.54) is 0 Å². The summed E-state index contributed by atoms with van der Waals surface area (Å²) in [7, 11) is 0. The average Bonchev–Trinajstić information content (AvgIpc) is 2.47. The summed E-state index contributed by atoms with van der Waals surface area (Å²) >= 11 is 3.52. The van der Waals surface area contributed by atoms with Crippen molar-refractivity contribution in [3.05, 3.63) is 28.2 Å². The Morgan fingerprint density at radius 1 is 1.60 bits per heavy atom. The number of halogens is 1. The predicted octanol–water partition coefficient (Wildman–Crippen LogP) is 1.25. The van der Waals surface area contributed by atoms with Crippen LogP contribution in [0, 0.1) is 0 Å². The molecule has 1 aliphatic heterocycles. The lowest BCUT2D eigenvalue weighted by Gasteiger charge is -2.37. The van der Waals surface area contributed by atoms with Gasteiger partial charge < -0.3 is 20.7 Å². The van der Waals surface area contributed by atoms with Crippen LogP contribution >= 0.6 is 15.9 Å². The van der Waals surface area contributed by atoms with Gasteiger partial charge in [0.2, 0.25) is 5.91 Å². The summed E-state index contributed by atoms with van der Waals surface area (Å²) in [6.45, 7) is 4.66. The molecule has 0 spiro atoms. The maximum atomic E-state index is 12.2. The van der Waals surface area contributed by atoms with Crippen molar-refractivity contribution >= 4 is 27.5 Å². The Kier molecular flexibility index (Phi) is 5.39. The van der Waals surface area contributed by atoms with Crippen LogP contribution in [-0.2, 0) is 16.1 Å². The quantitative estimate of drug-likeness (QED) is 0.864. The highest BCUT2D eigenvalue weighted by atomic mass is 79.9. The van der Waals surface area contributed by atoms with Crippen molar-refractivity contribution in [2.45, 2.75) is 19.5 Å². The normalized spacial score (nSPS) is 18.9. The molecule has 0 bridgehead atoms. The fraction of sp³-hybridized carbons (Fsp3) is 0.500. The minimum Gasteiger partial charge on any atom is -0.377 e. The molecule has 1 saturated heterocycles. The molecule has 1 aromatic carbocycles. The third-order valence-corrected chi connectivity index (χ3v) is 4.13. The van der Waals surface area contributed by atoms with Crippen LogP contribution in [0.15, 0.2) is 22.7 Å². The van der Waals surface area contributed by atoms with Crippen molar-refractivity contribution in [2.24, 2.45) is 5.73 Å². The van der Waals surface area contributed by atoms with Crippen LogP contribution in [0.1, 0.15) is 12.5 Å². The van der Waals surface area contributed by atoms with Crippen molar-refractivity contribution < 1.29 is 9.53 Å². The number of carbonyl (C=O) groups excluding carboxylic acids is 1. The Morgan fingerprint density at radius 2 is 2.40 bits per heavy atom. The molecule has 0 saturated carbocycles. The van der Waals surface area contributed by atoms with Gasteiger partial charge in [-0.25, -0.2) is 0 Å². The average molecular weight is 342 g/mol. The molecule has 6 heteroatoms. The minimum atomic E-state index is -0.303. The van der Waals surface area contributed by atoms with Gasteiger partial charge >= 0.3 is 0 Å². The molecule has 5 nitrogen and oxygen atoms in total. The van der Waals surface area contributed by atoms with E-state index >= 15 is 0 Å². The fourth-order valence-electron chi connectivity index (χ4n) is 2.42. The largest absolute Gasteiger partial charge is 0.377 e. The Hall–Kier alpha value is -1.11. The molecule has 2 rings (SSSR count). The van der Waals surface area contributed by atoms with Gasteiger partial charge in [0.1, 0.15) is 6.04 Å². The lowest BCUT2D eigenvalue weighted by atomic mass is 10.1.